The van der Waals surface area contributed by atoms with E-state index < -0.39 is 0 Å². The smallest absolute Gasteiger partial charge is 0.252 e. The molecule has 1 aliphatic heterocycles. The van der Waals surface area contributed by atoms with Gasteiger partial charge < -0.3 is 14.8 Å². The molecule has 4 rings (SSSR count). The summed E-state index contributed by atoms with van der Waals surface area (Å²) in [7, 11) is 1.67. The lowest BCUT2D eigenvalue weighted by molar-refractivity contribution is 0.0904. The molecule has 1 amide bonds. The van der Waals surface area contributed by atoms with Crippen molar-refractivity contribution in [3.63, 3.8) is 0 Å². The van der Waals surface area contributed by atoms with Crippen LogP contribution >= 0.6 is 0 Å². The van der Waals surface area contributed by atoms with Crippen LogP contribution in [0.4, 0.5) is 0 Å². The van der Waals surface area contributed by atoms with E-state index in [-0.39, 0.29) is 17.5 Å². The van der Waals surface area contributed by atoms with Crippen molar-refractivity contribution in [3.8, 4) is 0 Å². The maximum Gasteiger partial charge on any atom is 0.252 e. The number of amides is 1. The van der Waals surface area contributed by atoms with Crippen LogP contribution in [-0.4, -0.2) is 41.1 Å². The Balaban J connectivity index is 1.33. The lowest BCUT2D eigenvalue weighted by Crippen LogP contribution is -2.46. The number of hydrogen-bond donors (Lipinski definition) is 1. The number of aryl methyl sites for hydroxylation is 1. The van der Waals surface area contributed by atoms with Gasteiger partial charge in [-0.2, -0.15) is 0 Å². The molecular formula is C26H35N3O2. The van der Waals surface area contributed by atoms with E-state index in [4.69, 9.17) is 0 Å². The Bertz CT molecular complexity index is 910. The van der Waals surface area contributed by atoms with Crippen LogP contribution in [0.5, 0.6) is 0 Å². The van der Waals surface area contributed by atoms with Gasteiger partial charge in [0.2, 0.25) is 5.56 Å². The molecule has 2 aliphatic rings. The predicted octanol–water partition coefficient (Wildman–Crippen LogP) is 3.94. The van der Waals surface area contributed by atoms with Crippen molar-refractivity contribution in [2.45, 2.75) is 56.9 Å². The number of benzene rings is 1. The van der Waals surface area contributed by atoms with Crippen LogP contribution in [0.2, 0.25) is 0 Å². The number of hydrogen-bond acceptors (Lipinski definition) is 3. The minimum Gasteiger partial charge on any atom is -0.349 e. The normalized spacial score (nSPS) is 19.8. The summed E-state index contributed by atoms with van der Waals surface area (Å²) in [5.41, 5.74) is 1.93. The Morgan fingerprint density at radius 2 is 1.71 bits per heavy atom. The number of carbonyl (C=O) groups excluding carboxylic acids is 1. The molecule has 0 spiro atoms. The topological polar surface area (TPSA) is 54.3 Å². The Kier molecular flexibility index (Phi) is 7.23. The van der Waals surface area contributed by atoms with Crippen molar-refractivity contribution < 1.29 is 4.79 Å². The molecule has 1 aliphatic carbocycles. The molecule has 166 valence electrons. The lowest BCUT2D eigenvalue weighted by atomic mass is 9.76. The molecule has 0 radical (unpaired) electrons. The third-order valence-corrected chi connectivity index (χ3v) is 7.17. The first kappa shape index (κ1) is 21.8. The summed E-state index contributed by atoms with van der Waals surface area (Å²) < 4.78 is 1.45. The fourth-order valence-electron chi connectivity index (χ4n) is 5.30. The van der Waals surface area contributed by atoms with Crippen molar-refractivity contribution in [2.24, 2.45) is 13.0 Å². The van der Waals surface area contributed by atoms with Gasteiger partial charge in [0.15, 0.2) is 0 Å². The molecule has 0 bridgehead atoms. The van der Waals surface area contributed by atoms with Gasteiger partial charge >= 0.3 is 0 Å². The Labute approximate surface area is 185 Å². The highest BCUT2D eigenvalue weighted by Gasteiger charge is 2.29. The van der Waals surface area contributed by atoms with Gasteiger partial charge in [0, 0.05) is 45.0 Å². The van der Waals surface area contributed by atoms with Crippen molar-refractivity contribution in [3.05, 3.63) is 70.1 Å². The van der Waals surface area contributed by atoms with Gasteiger partial charge in [0.1, 0.15) is 0 Å². The lowest BCUT2D eigenvalue weighted by Gasteiger charge is -2.38. The van der Waals surface area contributed by atoms with Crippen LogP contribution in [-0.2, 0) is 7.05 Å². The molecule has 1 aromatic heterocycles. The fourth-order valence-corrected chi connectivity index (χ4v) is 5.30. The van der Waals surface area contributed by atoms with Crippen molar-refractivity contribution >= 4 is 5.91 Å². The number of piperidine rings is 1. The average molecular weight is 422 g/mol. The summed E-state index contributed by atoms with van der Waals surface area (Å²) in [6.45, 7) is 3.17. The van der Waals surface area contributed by atoms with Gasteiger partial charge in [-0.25, -0.2) is 0 Å². The summed E-state index contributed by atoms with van der Waals surface area (Å²) >= 11 is 0. The van der Waals surface area contributed by atoms with Gasteiger partial charge in [-0.05, 0) is 49.1 Å². The quantitative estimate of drug-likeness (QED) is 0.769. The van der Waals surface area contributed by atoms with E-state index in [9.17, 15) is 9.59 Å². The van der Waals surface area contributed by atoms with Crippen molar-refractivity contribution in [1.82, 2.24) is 14.8 Å². The molecule has 5 heteroatoms. The molecule has 1 atom stereocenters. The number of nitrogens with zero attached hydrogens (tertiary/aromatic N) is 2. The van der Waals surface area contributed by atoms with E-state index >= 15 is 0 Å². The summed E-state index contributed by atoms with van der Waals surface area (Å²) in [6.07, 6.45) is 10.4. The van der Waals surface area contributed by atoms with Gasteiger partial charge in [-0.1, -0.05) is 49.6 Å². The number of likely N-dealkylation sites (tertiary alicyclic amines) is 1. The molecule has 2 aromatic rings. The highest BCUT2D eigenvalue weighted by Crippen LogP contribution is 2.37. The van der Waals surface area contributed by atoms with Crippen molar-refractivity contribution in [1.29, 1.82) is 0 Å². The van der Waals surface area contributed by atoms with Crippen LogP contribution in [0.1, 0.15) is 66.8 Å². The molecule has 1 N–H and O–H groups in total. The summed E-state index contributed by atoms with van der Waals surface area (Å²) in [5, 5.41) is 3.17. The third kappa shape index (κ3) is 5.65. The molecule has 2 fully saturated rings. The highest BCUT2D eigenvalue weighted by molar-refractivity contribution is 5.94. The van der Waals surface area contributed by atoms with E-state index in [1.165, 1.54) is 48.3 Å². The largest absolute Gasteiger partial charge is 0.349 e. The van der Waals surface area contributed by atoms with E-state index in [1.54, 1.807) is 19.3 Å². The SMILES string of the molecule is Cn1cc(C(=O)NC2CCN(C[C@@H](c3ccccc3)C3CCCCC3)CC2)ccc1=O. The second-order valence-corrected chi connectivity index (χ2v) is 9.33. The second-order valence-electron chi connectivity index (χ2n) is 9.33. The van der Waals surface area contributed by atoms with Crippen LogP contribution in [0.15, 0.2) is 53.5 Å². The Hall–Kier alpha value is -2.40. The Morgan fingerprint density at radius 1 is 1.00 bits per heavy atom. The number of pyridine rings is 1. The van der Waals surface area contributed by atoms with Crippen molar-refractivity contribution in [2.75, 3.05) is 19.6 Å². The molecule has 1 saturated heterocycles. The first-order chi connectivity index (χ1) is 15.1. The van der Waals surface area contributed by atoms with Crippen LogP contribution in [0, 0.1) is 5.92 Å². The maximum atomic E-state index is 12.6. The monoisotopic (exact) mass is 421 g/mol. The van der Waals surface area contributed by atoms with E-state index in [2.05, 4.69) is 40.5 Å². The Morgan fingerprint density at radius 3 is 2.39 bits per heavy atom. The molecule has 1 saturated carbocycles. The zero-order chi connectivity index (χ0) is 21.6. The summed E-state index contributed by atoms with van der Waals surface area (Å²) in [6, 6.07) is 14.3. The summed E-state index contributed by atoms with van der Waals surface area (Å²) in [5.74, 6) is 1.31. The average Bonchev–Trinajstić information content (AvgIpc) is 2.81. The van der Waals surface area contributed by atoms with Crippen LogP contribution < -0.4 is 10.9 Å². The highest BCUT2D eigenvalue weighted by atomic mass is 16.2. The number of nitrogens with one attached hydrogen (secondary N) is 1. The van der Waals surface area contributed by atoms with Crippen LogP contribution in [0.25, 0.3) is 0 Å². The predicted molar refractivity (Wildman–Crippen MR) is 124 cm³/mol. The zero-order valence-corrected chi connectivity index (χ0v) is 18.6. The fraction of sp³-hybridized carbons (Fsp3) is 0.538. The first-order valence-electron chi connectivity index (χ1n) is 11.8. The molecule has 2 heterocycles. The number of aromatic nitrogens is 1. The molecule has 31 heavy (non-hydrogen) atoms. The number of rotatable bonds is 6. The summed E-state index contributed by atoms with van der Waals surface area (Å²) in [4.78, 5) is 26.7. The molecule has 5 nitrogen and oxygen atoms in total. The van der Waals surface area contributed by atoms with Crippen LogP contribution in [0.3, 0.4) is 0 Å². The molecule has 1 aromatic carbocycles. The standard InChI is InChI=1S/C26H35N3O2/c1-28-18-22(12-13-25(28)30)26(31)27-23-14-16-29(17-15-23)19-24(20-8-4-2-5-9-20)21-10-6-3-7-11-21/h2,4-5,8-9,12-13,18,21,23-24H,3,6-7,10-11,14-17,19H2,1H3,(H,27,31)/t24-/m0/s1. The second kappa shape index (κ2) is 10.3. The maximum absolute atomic E-state index is 12.6. The first-order valence-corrected chi connectivity index (χ1v) is 11.8. The van der Waals surface area contributed by atoms with Gasteiger partial charge in [-0.3, -0.25) is 9.59 Å². The molecular weight excluding hydrogens is 386 g/mol. The number of carbonyl (C=O) groups is 1. The molecule has 0 unspecified atom stereocenters. The van der Waals surface area contributed by atoms with E-state index in [0.717, 1.165) is 38.4 Å². The van der Waals surface area contributed by atoms with Gasteiger partial charge in [0.05, 0.1) is 5.56 Å². The van der Waals surface area contributed by atoms with Gasteiger partial charge in [0.25, 0.3) is 5.91 Å². The zero-order valence-electron chi connectivity index (χ0n) is 18.6. The van der Waals surface area contributed by atoms with E-state index in [0.29, 0.717) is 11.5 Å². The minimum absolute atomic E-state index is 0.0848. The third-order valence-electron chi connectivity index (χ3n) is 7.17. The minimum atomic E-state index is -0.101. The van der Waals surface area contributed by atoms with Gasteiger partial charge in [-0.15, -0.1) is 0 Å². The van der Waals surface area contributed by atoms with E-state index in [1.807, 2.05) is 0 Å².